The number of fused-ring (bicyclic) bond motifs is 1. The molecule has 4 aromatic carbocycles. The fourth-order valence-corrected chi connectivity index (χ4v) is 6.20. The van der Waals surface area contributed by atoms with Crippen LogP contribution in [0.25, 0.3) is 20.9 Å². The third-order valence-electron chi connectivity index (χ3n) is 6.19. The maximum absolute atomic E-state index is 13.5. The van der Waals surface area contributed by atoms with Crippen molar-refractivity contribution in [2.45, 2.75) is 31.1 Å². The zero-order chi connectivity index (χ0) is 28.3. The number of thioether (sulfide) groups is 1. The number of para-hydroxylation sites is 2. The lowest BCUT2D eigenvalue weighted by atomic mass is 9.87. The van der Waals surface area contributed by atoms with E-state index in [1.807, 2.05) is 66.7 Å². The lowest BCUT2D eigenvalue weighted by Gasteiger charge is -2.19. The molecule has 0 radical (unpaired) electrons. The Balaban J connectivity index is 1.68. The summed E-state index contributed by atoms with van der Waals surface area (Å²) in [6, 6.07) is 30.9. The van der Waals surface area contributed by atoms with Gasteiger partial charge in [-0.25, -0.2) is 9.78 Å². The average Bonchev–Trinajstić information content (AvgIpc) is 3.39. The second-order valence-corrected chi connectivity index (χ2v) is 12.1. The fourth-order valence-electron chi connectivity index (χ4n) is 4.04. The van der Waals surface area contributed by atoms with Gasteiger partial charge in [0, 0.05) is 11.6 Å². The first-order valence-electron chi connectivity index (χ1n) is 12.6. The largest absolute Gasteiger partial charge is 0.421 e. The molecule has 0 unspecified atom stereocenters. The molecule has 0 saturated carbocycles. The standard InChI is InChI=1S/C32H26N2O4S2/c1-32(2,3)23-19-17-22(18-20-23)31(35)38-28(21-11-5-4-6-12-21)29(30-33-24-13-7-9-15-26(24)40-30)39-27-16-10-8-14-25(27)34(36)37/h4-20H,1-3H3/b29-28+. The number of rotatable bonds is 7. The summed E-state index contributed by atoms with van der Waals surface area (Å²) in [7, 11) is 0. The summed E-state index contributed by atoms with van der Waals surface area (Å²) in [6.45, 7) is 6.34. The Bertz CT molecular complexity index is 1690. The molecule has 0 aliphatic heterocycles. The van der Waals surface area contributed by atoms with Crippen LogP contribution < -0.4 is 0 Å². The Kier molecular flexibility index (Phi) is 7.82. The number of nitrogens with zero attached hydrogens (tertiary/aromatic N) is 2. The summed E-state index contributed by atoms with van der Waals surface area (Å²) >= 11 is 2.61. The third-order valence-corrected chi connectivity index (χ3v) is 8.52. The van der Waals surface area contributed by atoms with Crippen LogP contribution in [-0.4, -0.2) is 15.9 Å². The molecule has 5 aromatic rings. The van der Waals surface area contributed by atoms with Crippen molar-refractivity contribution in [2.75, 3.05) is 0 Å². The summed E-state index contributed by atoms with van der Waals surface area (Å²) < 4.78 is 7.10. The second-order valence-electron chi connectivity index (χ2n) is 10.1. The van der Waals surface area contributed by atoms with E-state index in [-0.39, 0.29) is 16.9 Å². The van der Waals surface area contributed by atoms with E-state index in [2.05, 4.69) is 20.8 Å². The van der Waals surface area contributed by atoms with Gasteiger partial charge in [-0.1, -0.05) is 99.3 Å². The summed E-state index contributed by atoms with van der Waals surface area (Å²) in [5.41, 5.74) is 2.86. The van der Waals surface area contributed by atoms with Gasteiger partial charge in [-0.05, 0) is 41.3 Å². The number of aromatic nitrogens is 1. The van der Waals surface area contributed by atoms with E-state index in [4.69, 9.17) is 9.72 Å². The number of nitro benzene ring substituents is 1. The van der Waals surface area contributed by atoms with Crippen LogP contribution in [0.15, 0.2) is 108 Å². The molecular formula is C32H26N2O4S2. The quantitative estimate of drug-likeness (QED) is 0.0643. The highest BCUT2D eigenvalue weighted by Crippen LogP contribution is 2.45. The van der Waals surface area contributed by atoms with Crippen molar-refractivity contribution in [3.63, 3.8) is 0 Å². The van der Waals surface area contributed by atoms with Crippen LogP contribution in [0.4, 0.5) is 5.69 Å². The molecule has 6 nitrogen and oxygen atoms in total. The first-order chi connectivity index (χ1) is 19.2. The van der Waals surface area contributed by atoms with Crippen molar-refractivity contribution in [1.82, 2.24) is 4.98 Å². The predicted octanol–water partition coefficient (Wildman–Crippen LogP) is 8.98. The fraction of sp³-hybridized carbons (Fsp3) is 0.125. The lowest BCUT2D eigenvalue weighted by Crippen LogP contribution is -2.12. The maximum Gasteiger partial charge on any atom is 0.343 e. The van der Waals surface area contributed by atoms with E-state index in [0.717, 1.165) is 15.8 Å². The molecule has 0 atom stereocenters. The van der Waals surface area contributed by atoms with E-state index in [0.29, 0.717) is 25.9 Å². The van der Waals surface area contributed by atoms with Crippen LogP contribution in [-0.2, 0) is 10.2 Å². The van der Waals surface area contributed by atoms with Gasteiger partial charge in [-0.2, -0.15) is 0 Å². The second kappa shape index (κ2) is 11.5. The SMILES string of the molecule is CC(C)(C)c1ccc(C(=O)O/C(=C(/Sc2ccccc2[N+](=O)[O-])c2nc3ccccc3s2)c2ccccc2)cc1. The number of benzene rings is 4. The molecule has 1 aromatic heterocycles. The monoisotopic (exact) mass is 566 g/mol. The van der Waals surface area contributed by atoms with Crippen LogP contribution >= 0.6 is 23.1 Å². The highest BCUT2D eigenvalue weighted by atomic mass is 32.2. The number of nitro groups is 1. The van der Waals surface area contributed by atoms with Crippen molar-refractivity contribution >= 4 is 55.6 Å². The molecule has 5 rings (SSSR count). The minimum absolute atomic E-state index is 0.0392. The number of esters is 1. The number of hydrogen-bond acceptors (Lipinski definition) is 7. The van der Waals surface area contributed by atoms with E-state index in [9.17, 15) is 14.9 Å². The van der Waals surface area contributed by atoms with Crippen molar-refractivity contribution in [3.05, 3.63) is 135 Å². The molecule has 8 heteroatoms. The Morgan fingerprint density at radius 1 is 0.850 bits per heavy atom. The number of carbonyl (C=O) groups excluding carboxylic acids is 1. The van der Waals surface area contributed by atoms with Crippen LogP contribution in [0.2, 0.25) is 0 Å². The number of ether oxygens (including phenoxy) is 1. The third kappa shape index (κ3) is 5.98. The Morgan fingerprint density at radius 3 is 2.17 bits per heavy atom. The molecule has 40 heavy (non-hydrogen) atoms. The molecule has 0 aliphatic rings. The first-order valence-corrected chi connectivity index (χ1v) is 14.2. The molecule has 0 saturated heterocycles. The Morgan fingerprint density at radius 2 is 1.50 bits per heavy atom. The maximum atomic E-state index is 13.5. The Hall–Kier alpha value is -4.27. The zero-order valence-corrected chi connectivity index (χ0v) is 23.8. The number of carbonyl (C=O) groups is 1. The van der Waals surface area contributed by atoms with Gasteiger partial charge in [-0.3, -0.25) is 10.1 Å². The minimum atomic E-state index is -0.527. The normalized spacial score (nSPS) is 12.2. The molecule has 200 valence electrons. The van der Waals surface area contributed by atoms with Crippen molar-refractivity contribution in [3.8, 4) is 0 Å². The molecule has 0 N–H and O–H groups in total. The van der Waals surface area contributed by atoms with Gasteiger partial charge in [0.1, 0.15) is 5.01 Å². The zero-order valence-electron chi connectivity index (χ0n) is 22.2. The van der Waals surface area contributed by atoms with Crippen molar-refractivity contribution < 1.29 is 14.5 Å². The van der Waals surface area contributed by atoms with E-state index >= 15 is 0 Å². The molecule has 0 aliphatic carbocycles. The average molecular weight is 567 g/mol. The lowest BCUT2D eigenvalue weighted by molar-refractivity contribution is -0.387. The van der Waals surface area contributed by atoms with E-state index in [1.54, 1.807) is 30.3 Å². The number of thiazole rings is 1. The minimum Gasteiger partial charge on any atom is -0.421 e. The van der Waals surface area contributed by atoms with Crippen LogP contribution in [0.3, 0.4) is 0 Å². The van der Waals surface area contributed by atoms with E-state index in [1.165, 1.54) is 29.2 Å². The van der Waals surface area contributed by atoms with Crippen LogP contribution in [0.1, 0.15) is 47.3 Å². The van der Waals surface area contributed by atoms with Gasteiger partial charge in [0.15, 0.2) is 5.76 Å². The van der Waals surface area contributed by atoms with Gasteiger partial charge in [0.2, 0.25) is 0 Å². The van der Waals surface area contributed by atoms with Gasteiger partial charge in [-0.15, -0.1) is 11.3 Å². The van der Waals surface area contributed by atoms with Crippen LogP contribution in [0, 0.1) is 10.1 Å². The van der Waals surface area contributed by atoms with Gasteiger partial charge < -0.3 is 4.74 Å². The Labute approximate surface area is 240 Å². The van der Waals surface area contributed by atoms with Gasteiger partial charge in [0.25, 0.3) is 5.69 Å². The molecule has 0 amide bonds. The van der Waals surface area contributed by atoms with Gasteiger partial charge >= 0.3 is 5.97 Å². The topological polar surface area (TPSA) is 82.3 Å². The first kappa shape index (κ1) is 27.3. The van der Waals surface area contributed by atoms with Gasteiger partial charge in [0.05, 0.1) is 30.5 Å². The molecule has 1 heterocycles. The number of hydrogen-bond donors (Lipinski definition) is 0. The summed E-state index contributed by atoms with van der Waals surface area (Å²) in [5, 5.41) is 12.5. The van der Waals surface area contributed by atoms with Crippen molar-refractivity contribution in [1.29, 1.82) is 0 Å². The summed E-state index contributed by atoms with van der Waals surface area (Å²) in [6.07, 6.45) is 0. The molecule has 0 spiro atoms. The summed E-state index contributed by atoms with van der Waals surface area (Å²) in [5.74, 6) is -0.242. The molecule has 0 bridgehead atoms. The smallest absolute Gasteiger partial charge is 0.343 e. The van der Waals surface area contributed by atoms with Crippen molar-refractivity contribution in [2.24, 2.45) is 0 Å². The molecular weight excluding hydrogens is 540 g/mol. The van der Waals surface area contributed by atoms with Crippen LogP contribution in [0.5, 0.6) is 0 Å². The molecule has 0 fully saturated rings. The summed E-state index contributed by atoms with van der Waals surface area (Å²) in [4.78, 5) is 30.7. The highest BCUT2D eigenvalue weighted by Gasteiger charge is 2.25. The predicted molar refractivity (Wildman–Crippen MR) is 162 cm³/mol. The highest BCUT2D eigenvalue weighted by molar-refractivity contribution is 8.08. The van der Waals surface area contributed by atoms with E-state index < -0.39 is 10.9 Å².